The smallest absolute Gasteiger partial charge is 0.228 e. The second-order valence-electron chi connectivity index (χ2n) is 3.01. The molecule has 2 rings (SSSR count). The Morgan fingerprint density at radius 3 is 1.54 bits per heavy atom. The first kappa shape index (κ1) is 8.83. The van der Waals surface area contributed by atoms with Crippen LogP contribution in [0.4, 0.5) is 30.7 Å². The molecule has 0 radical (unpaired) electrons. The highest BCUT2D eigenvalue weighted by molar-refractivity contribution is 5.54. The van der Waals surface area contributed by atoms with E-state index in [4.69, 9.17) is 0 Å². The van der Waals surface area contributed by atoms with Crippen LogP contribution in [0.15, 0.2) is 11.9 Å². The van der Waals surface area contributed by atoms with Gasteiger partial charge in [-0.2, -0.15) is 17.6 Å². The zero-order chi connectivity index (χ0) is 10.3. The number of hydrogen-bond acceptors (Lipinski definition) is 0. The van der Waals surface area contributed by atoms with Gasteiger partial charge in [0.05, 0.1) is 0 Å². The Balaban J connectivity index is 2.58. The van der Waals surface area contributed by atoms with Crippen LogP contribution < -0.4 is 0 Å². The molecule has 2 unspecified atom stereocenters. The Bertz CT molecular complexity index is 319. The van der Waals surface area contributed by atoms with Crippen LogP contribution in [0.5, 0.6) is 0 Å². The average Bonchev–Trinajstić information content (AvgIpc) is 2.01. The van der Waals surface area contributed by atoms with Gasteiger partial charge in [0.1, 0.15) is 5.83 Å². The largest absolute Gasteiger partial charge is 0.357 e. The van der Waals surface area contributed by atoms with E-state index in [0.717, 1.165) is 0 Å². The van der Waals surface area contributed by atoms with Crippen LogP contribution in [0, 0.1) is 0 Å². The Hall–Kier alpha value is -0.750. The molecule has 1 saturated carbocycles. The van der Waals surface area contributed by atoms with E-state index in [-0.39, 0.29) is 0 Å². The first-order valence-electron chi connectivity index (χ1n) is 3.15. The Morgan fingerprint density at radius 2 is 1.31 bits per heavy atom. The van der Waals surface area contributed by atoms with Crippen molar-refractivity contribution in [1.29, 1.82) is 0 Å². The number of allylic oxidation sites excluding steroid dienone is 2. The lowest BCUT2D eigenvalue weighted by atomic mass is 9.53. The van der Waals surface area contributed by atoms with Gasteiger partial charge in [-0.15, -0.1) is 0 Å². The highest BCUT2D eigenvalue weighted by Crippen LogP contribution is 2.75. The molecule has 0 aromatic heterocycles. The van der Waals surface area contributed by atoms with Crippen LogP contribution in [-0.2, 0) is 0 Å². The van der Waals surface area contributed by atoms with E-state index in [0.29, 0.717) is 0 Å². The van der Waals surface area contributed by atoms with Crippen molar-refractivity contribution in [3.8, 4) is 0 Å². The third kappa shape index (κ3) is 0.450. The van der Waals surface area contributed by atoms with E-state index < -0.39 is 35.1 Å². The van der Waals surface area contributed by atoms with Gasteiger partial charge in [-0.1, -0.05) is 0 Å². The lowest BCUT2D eigenvalue weighted by molar-refractivity contribution is -0.428. The normalized spacial score (nSPS) is 49.9. The number of alkyl halides is 6. The molecule has 2 aliphatic rings. The van der Waals surface area contributed by atoms with Gasteiger partial charge in [-0.3, -0.25) is 0 Å². The Labute approximate surface area is 67.0 Å². The molecule has 74 valence electrons. The van der Waals surface area contributed by atoms with Crippen molar-refractivity contribution in [3.63, 3.8) is 0 Å². The van der Waals surface area contributed by atoms with E-state index in [1.807, 2.05) is 0 Å². The van der Waals surface area contributed by atoms with Gasteiger partial charge in [-0.05, 0) is 6.08 Å². The molecule has 2 aliphatic carbocycles. The summed E-state index contributed by atoms with van der Waals surface area (Å²) < 4.78 is 86.4. The molecule has 0 N–H and O–H groups in total. The molecule has 7 heteroatoms. The Morgan fingerprint density at radius 1 is 0.846 bits per heavy atom. The fourth-order valence-corrected chi connectivity index (χ4v) is 1.54. The molecule has 0 aromatic rings. The first-order valence-corrected chi connectivity index (χ1v) is 3.15. The summed E-state index contributed by atoms with van der Waals surface area (Å²) in [4.78, 5) is 0. The SMILES string of the molecule is FC1=CC2(F)C(F)(F)C(F)(F)C12F. The van der Waals surface area contributed by atoms with Gasteiger partial charge in [0.2, 0.25) is 5.67 Å². The van der Waals surface area contributed by atoms with Crippen LogP contribution in [0.3, 0.4) is 0 Å². The summed E-state index contributed by atoms with van der Waals surface area (Å²) in [6.45, 7) is 0. The quantitative estimate of drug-likeness (QED) is 0.534. The van der Waals surface area contributed by atoms with Gasteiger partial charge < -0.3 is 0 Å². The molecule has 0 saturated heterocycles. The maximum absolute atomic E-state index is 12.7. The lowest BCUT2D eigenvalue weighted by Gasteiger charge is -2.61. The zero-order valence-electron chi connectivity index (χ0n) is 5.72. The van der Waals surface area contributed by atoms with Crippen LogP contribution in [0.1, 0.15) is 0 Å². The molecule has 13 heavy (non-hydrogen) atoms. The van der Waals surface area contributed by atoms with Gasteiger partial charge in [-0.25, -0.2) is 13.2 Å². The molecule has 0 aromatic carbocycles. The number of fused-ring (bicyclic) bond motifs is 1. The van der Waals surface area contributed by atoms with Crippen molar-refractivity contribution in [3.05, 3.63) is 11.9 Å². The van der Waals surface area contributed by atoms with Gasteiger partial charge in [0.25, 0.3) is 5.67 Å². The summed E-state index contributed by atoms with van der Waals surface area (Å²) in [5.74, 6) is -12.7. The maximum atomic E-state index is 12.7. The van der Waals surface area contributed by atoms with Crippen molar-refractivity contribution >= 4 is 0 Å². The van der Waals surface area contributed by atoms with Crippen LogP contribution in [0.2, 0.25) is 0 Å². The molecule has 0 spiro atoms. The Kier molecular flexibility index (Phi) is 1.08. The molecule has 0 heterocycles. The van der Waals surface area contributed by atoms with Gasteiger partial charge in [0.15, 0.2) is 0 Å². The van der Waals surface area contributed by atoms with Crippen LogP contribution in [-0.4, -0.2) is 23.2 Å². The monoisotopic (exact) mass is 206 g/mol. The van der Waals surface area contributed by atoms with E-state index in [1.165, 1.54) is 0 Å². The third-order valence-electron chi connectivity index (χ3n) is 2.44. The van der Waals surface area contributed by atoms with Gasteiger partial charge in [0, 0.05) is 0 Å². The van der Waals surface area contributed by atoms with Crippen molar-refractivity contribution in [1.82, 2.24) is 0 Å². The second-order valence-corrected chi connectivity index (χ2v) is 3.01. The summed E-state index contributed by atoms with van der Waals surface area (Å²) in [5.41, 5.74) is -8.66. The third-order valence-corrected chi connectivity index (χ3v) is 2.44. The summed E-state index contributed by atoms with van der Waals surface area (Å²) >= 11 is 0. The van der Waals surface area contributed by atoms with Crippen LogP contribution >= 0.6 is 0 Å². The fraction of sp³-hybridized carbons (Fsp3) is 0.667. The number of halogens is 7. The predicted molar refractivity (Wildman–Crippen MR) is 26.8 cm³/mol. The van der Waals surface area contributed by atoms with E-state index in [2.05, 4.69) is 0 Å². The lowest BCUT2D eigenvalue weighted by Crippen LogP contribution is -2.89. The minimum atomic E-state index is -5.31. The van der Waals surface area contributed by atoms with E-state index >= 15 is 0 Å². The molecule has 2 atom stereocenters. The molecular weight excluding hydrogens is 205 g/mol. The van der Waals surface area contributed by atoms with Gasteiger partial charge >= 0.3 is 11.8 Å². The average molecular weight is 206 g/mol. The predicted octanol–water partition coefficient (Wildman–Crippen LogP) is 2.55. The maximum Gasteiger partial charge on any atom is 0.357 e. The summed E-state index contributed by atoms with van der Waals surface area (Å²) in [5, 5.41) is 0. The minimum Gasteiger partial charge on any atom is -0.228 e. The summed E-state index contributed by atoms with van der Waals surface area (Å²) in [7, 11) is 0. The molecule has 0 bridgehead atoms. The van der Waals surface area contributed by atoms with Crippen molar-refractivity contribution in [2.24, 2.45) is 0 Å². The van der Waals surface area contributed by atoms with Crippen molar-refractivity contribution in [2.45, 2.75) is 23.2 Å². The molecule has 1 fully saturated rings. The van der Waals surface area contributed by atoms with E-state index in [9.17, 15) is 30.7 Å². The number of hydrogen-bond donors (Lipinski definition) is 0. The summed E-state index contributed by atoms with van der Waals surface area (Å²) in [6, 6.07) is 0. The first-order chi connectivity index (χ1) is 5.63. The number of rotatable bonds is 0. The zero-order valence-corrected chi connectivity index (χ0v) is 5.72. The highest BCUT2D eigenvalue weighted by Gasteiger charge is 3.02. The van der Waals surface area contributed by atoms with Crippen molar-refractivity contribution < 1.29 is 30.7 Å². The van der Waals surface area contributed by atoms with Crippen molar-refractivity contribution in [2.75, 3.05) is 0 Å². The summed E-state index contributed by atoms with van der Waals surface area (Å²) in [6.07, 6.45) is -0.454. The van der Waals surface area contributed by atoms with E-state index in [1.54, 1.807) is 0 Å². The highest BCUT2D eigenvalue weighted by atomic mass is 19.3. The minimum absolute atomic E-state index is 0.454. The second kappa shape index (κ2) is 1.59. The fourth-order valence-electron chi connectivity index (χ4n) is 1.54. The van der Waals surface area contributed by atoms with Crippen LogP contribution in [0.25, 0.3) is 0 Å². The standard InChI is InChI=1S/C6HF7/c7-2-1-3(8)4(2,9)6(12,13)5(3,10)11/h1H. The topological polar surface area (TPSA) is 0 Å². The molecule has 0 nitrogen and oxygen atoms in total. The molecule has 0 amide bonds. The molecular formula is C6HF7. The molecule has 0 aliphatic heterocycles.